The molecule has 1 aromatic heterocycles. The summed E-state index contributed by atoms with van der Waals surface area (Å²) in [6.07, 6.45) is 5.35. The first-order valence-electron chi connectivity index (χ1n) is 7.90. The molecule has 2 aliphatic rings. The van der Waals surface area contributed by atoms with Crippen LogP contribution in [0.1, 0.15) is 11.1 Å². The lowest BCUT2D eigenvalue weighted by molar-refractivity contribution is -0.151. The molecule has 0 aliphatic carbocycles. The number of fused-ring (bicyclic) bond motifs is 1. The Hall–Kier alpha value is -2.53. The van der Waals surface area contributed by atoms with Gasteiger partial charge in [0, 0.05) is 44.5 Å². The zero-order valence-corrected chi connectivity index (χ0v) is 12.9. The second-order valence-electron chi connectivity index (χ2n) is 5.81. The van der Waals surface area contributed by atoms with E-state index in [1.165, 1.54) is 5.56 Å². The van der Waals surface area contributed by atoms with Crippen LogP contribution in [0.5, 0.6) is 5.75 Å². The van der Waals surface area contributed by atoms with Gasteiger partial charge in [0.25, 0.3) is 0 Å². The van der Waals surface area contributed by atoms with Gasteiger partial charge in [0.2, 0.25) is 0 Å². The van der Waals surface area contributed by atoms with Crippen LogP contribution in [-0.4, -0.2) is 36.1 Å². The van der Waals surface area contributed by atoms with Crippen molar-refractivity contribution in [3.63, 3.8) is 0 Å². The molecule has 1 saturated heterocycles. The number of rotatable bonds is 3. The third-order valence-corrected chi connectivity index (χ3v) is 4.27. The van der Waals surface area contributed by atoms with Gasteiger partial charge in [0.1, 0.15) is 12.1 Å². The summed E-state index contributed by atoms with van der Waals surface area (Å²) in [6, 6.07) is 12.3. The summed E-state index contributed by atoms with van der Waals surface area (Å²) in [5.41, 5.74) is 2.37. The minimum Gasteiger partial charge on any atom is -0.354 e. The molecule has 118 valence electrons. The van der Waals surface area contributed by atoms with E-state index in [2.05, 4.69) is 33.0 Å². The predicted octanol–water partition coefficient (Wildman–Crippen LogP) is 2.70. The molecule has 0 N–H and O–H groups in total. The largest absolute Gasteiger partial charge is 0.354 e. The van der Waals surface area contributed by atoms with Crippen LogP contribution in [0.2, 0.25) is 0 Å². The van der Waals surface area contributed by atoms with Crippen molar-refractivity contribution in [1.82, 2.24) is 9.88 Å². The molecule has 2 aliphatic heterocycles. The van der Waals surface area contributed by atoms with Crippen molar-refractivity contribution < 1.29 is 9.78 Å². The van der Waals surface area contributed by atoms with E-state index in [9.17, 15) is 0 Å². The van der Waals surface area contributed by atoms with E-state index < -0.39 is 0 Å². The molecular formula is C18H19N3O2. The molecule has 0 spiro atoms. The second-order valence-corrected chi connectivity index (χ2v) is 5.81. The van der Waals surface area contributed by atoms with Crippen molar-refractivity contribution in [1.29, 1.82) is 0 Å². The normalized spacial score (nSPS) is 17.3. The van der Waals surface area contributed by atoms with Crippen molar-refractivity contribution >= 4 is 11.9 Å². The predicted molar refractivity (Wildman–Crippen MR) is 88.9 cm³/mol. The molecule has 0 unspecified atom stereocenters. The molecule has 2 aromatic rings. The number of pyridine rings is 1. The van der Waals surface area contributed by atoms with E-state index in [1.54, 1.807) is 6.26 Å². The van der Waals surface area contributed by atoms with Crippen LogP contribution >= 0.6 is 0 Å². The summed E-state index contributed by atoms with van der Waals surface area (Å²) in [7, 11) is 0. The third-order valence-electron chi connectivity index (χ3n) is 4.27. The number of hydrogen-bond donors (Lipinski definition) is 0. The molecule has 0 atom stereocenters. The summed E-state index contributed by atoms with van der Waals surface area (Å²) in [6.45, 7) is 5.07. The van der Waals surface area contributed by atoms with E-state index in [4.69, 9.17) is 9.78 Å². The first-order chi connectivity index (χ1) is 11.4. The number of aromatic nitrogens is 1. The van der Waals surface area contributed by atoms with Gasteiger partial charge in [-0.05, 0) is 35.9 Å². The van der Waals surface area contributed by atoms with Crippen LogP contribution in [-0.2, 0) is 11.4 Å². The van der Waals surface area contributed by atoms with Crippen LogP contribution in [0.15, 0.2) is 48.9 Å². The van der Waals surface area contributed by atoms with E-state index in [0.717, 1.165) is 49.9 Å². The van der Waals surface area contributed by atoms with Crippen molar-refractivity contribution in [2.45, 2.75) is 6.54 Å². The van der Waals surface area contributed by atoms with Crippen LogP contribution in [0.4, 0.5) is 5.82 Å². The summed E-state index contributed by atoms with van der Waals surface area (Å²) in [5.74, 6) is 1.85. The Morgan fingerprint density at radius 2 is 1.96 bits per heavy atom. The molecule has 1 aromatic carbocycles. The summed E-state index contributed by atoms with van der Waals surface area (Å²) in [5, 5.41) is 0. The smallest absolute Gasteiger partial charge is 0.185 e. The highest BCUT2D eigenvalue weighted by Crippen LogP contribution is 2.26. The minimum absolute atomic E-state index is 0.774. The van der Waals surface area contributed by atoms with Crippen LogP contribution in [0.3, 0.4) is 0 Å². The van der Waals surface area contributed by atoms with Crippen molar-refractivity contribution in [3.8, 4) is 5.75 Å². The topological polar surface area (TPSA) is 37.8 Å². The number of benzene rings is 1. The van der Waals surface area contributed by atoms with Gasteiger partial charge in [-0.25, -0.2) is 4.98 Å². The van der Waals surface area contributed by atoms with Crippen LogP contribution < -0.4 is 9.79 Å². The zero-order chi connectivity index (χ0) is 15.5. The highest BCUT2D eigenvalue weighted by atomic mass is 17.2. The standard InChI is InChI=1S/C18H19N3O2/c1-2-7-19-18(3-1)21-10-8-20(9-11-21)14-15-4-5-17-16(13-15)6-12-22-23-17/h1-7,12-13H,8-11,14H2. The molecule has 0 amide bonds. The van der Waals surface area contributed by atoms with Crippen molar-refractivity contribution in [2.24, 2.45) is 0 Å². The van der Waals surface area contributed by atoms with Crippen LogP contribution in [0, 0.1) is 0 Å². The first kappa shape index (κ1) is 14.1. The molecule has 0 bridgehead atoms. The van der Waals surface area contributed by atoms with Gasteiger partial charge in [-0.2, -0.15) is 0 Å². The quantitative estimate of drug-likeness (QED) is 0.815. The Balaban J connectivity index is 1.37. The second kappa shape index (κ2) is 6.30. The molecular weight excluding hydrogens is 290 g/mol. The van der Waals surface area contributed by atoms with E-state index in [-0.39, 0.29) is 0 Å². The highest BCUT2D eigenvalue weighted by molar-refractivity contribution is 5.58. The Labute approximate surface area is 135 Å². The maximum absolute atomic E-state index is 5.12. The Kier molecular flexibility index (Phi) is 3.86. The summed E-state index contributed by atoms with van der Waals surface area (Å²) < 4.78 is 0. The maximum atomic E-state index is 5.12. The van der Waals surface area contributed by atoms with Gasteiger partial charge in [-0.15, -0.1) is 0 Å². The lowest BCUT2D eigenvalue weighted by atomic mass is 10.1. The molecule has 1 fully saturated rings. The number of piperazine rings is 1. The molecule has 4 rings (SSSR count). The van der Waals surface area contributed by atoms with Gasteiger partial charge in [-0.1, -0.05) is 12.1 Å². The number of hydrogen-bond acceptors (Lipinski definition) is 5. The van der Waals surface area contributed by atoms with Gasteiger partial charge in [-0.3, -0.25) is 14.7 Å². The highest BCUT2D eigenvalue weighted by Gasteiger charge is 2.18. The first-order valence-corrected chi connectivity index (χ1v) is 7.90. The molecule has 23 heavy (non-hydrogen) atoms. The Morgan fingerprint density at radius 3 is 2.78 bits per heavy atom. The average Bonchev–Trinajstić information content (AvgIpc) is 2.63. The lowest BCUT2D eigenvalue weighted by Crippen LogP contribution is -2.46. The fourth-order valence-corrected chi connectivity index (χ4v) is 3.02. The maximum Gasteiger partial charge on any atom is 0.185 e. The monoisotopic (exact) mass is 309 g/mol. The fraction of sp³-hybridized carbons (Fsp3) is 0.278. The number of nitrogens with zero attached hydrogens (tertiary/aromatic N) is 3. The van der Waals surface area contributed by atoms with E-state index >= 15 is 0 Å². The fourth-order valence-electron chi connectivity index (χ4n) is 3.02. The average molecular weight is 309 g/mol. The summed E-state index contributed by atoms with van der Waals surface area (Å²) >= 11 is 0. The molecule has 5 nitrogen and oxygen atoms in total. The number of anilines is 1. The minimum atomic E-state index is 0.774. The van der Waals surface area contributed by atoms with E-state index in [0.29, 0.717) is 0 Å². The van der Waals surface area contributed by atoms with Crippen LogP contribution in [0.25, 0.3) is 6.08 Å². The van der Waals surface area contributed by atoms with Gasteiger partial charge >= 0.3 is 0 Å². The van der Waals surface area contributed by atoms with Crippen molar-refractivity contribution in [2.75, 3.05) is 31.1 Å². The molecule has 0 saturated carbocycles. The lowest BCUT2D eigenvalue weighted by Gasteiger charge is -2.35. The Morgan fingerprint density at radius 1 is 1.04 bits per heavy atom. The van der Waals surface area contributed by atoms with Gasteiger partial charge in [0.05, 0.1) is 0 Å². The third kappa shape index (κ3) is 3.14. The summed E-state index contributed by atoms with van der Waals surface area (Å²) in [4.78, 5) is 19.2. The zero-order valence-electron chi connectivity index (χ0n) is 12.9. The van der Waals surface area contributed by atoms with E-state index in [1.807, 2.05) is 30.5 Å². The van der Waals surface area contributed by atoms with Crippen molar-refractivity contribution in [3.05, 3.63) is 60.0 Å². The van der Waals surface area contributed by atoms with Gasteiger partial charge in [0.15, 0.2) is 5.75 Å². The molecule has 5 heteroatoms. The molecule has 0 radical (unpaired) electrons. The SMILES string of the molecule is C1=Cc2cc(CN3CCN(c4ccccn4)CC3)ccc2OO1. The van der Waals surface area contributed by atoms with Gasteiger partial charge < -0.3 is 4.90 Å². The Bertz CT molecular complexity index is 695. The molecule has 3 heterocycles.